The summed E-state index contributed by atoms with van der Waals surface area (Å²) in [4.78, 5) is 7.78. The van der Waals surface area contributed by atoms with Crippen molar-refractivity contribution in [3.63, 3.8) is 0 Å². The number of anilines is 1. The average Bonchev–Trinajstić information content (AvgIpc) is 2.37. The lowest BCUT2D eigenvalue weighted by Gasteiger charge is -2.08. The van der Waals surface area contributed by atoms with E-state index in [4.69, 9.17) is 10.5 Å². The van der Waals surface area contributed by atoms with Crippen molar-refractivity contribution in [1.82, 2.24) is 9.97 Å². The van der Waals surface area contributed by atoms with E-state index >= 15 is 0 Å². The lowest BCUT2D eigenvalue weighted by molar-refractivity contribution is -0.137. The molecule has 1 aromatic heterocycles. The Kier molecular flexibility index (Phi) is 3.55. The van der Waals surface area contributed by atoms with Crippen molar-refractivity contribution < 1.29 is 17.9 Å². The number of nitrogen functional groups attached to an aromatic ring is 1. The molecule has 2 aromatic rings. The molecule has 0 saturated heterocycles. The maximum Gasteiger partial charge on any atom is 0.416 e. The summed E-state index contributed by atoms with van der Waals surface area (Å²) >= 11 is 0. The third-order valence-electron chi connectivity index (χ3n) is 2.29. The Morgan fingerprint density at radius 3 is 2.26 bits per heavy atom. The summed E-state index contributed by atoms with van der Waals surface area (Å²) in [6, 6.07) is 4.44. The minimum absolute atomic E-state index is 0.110. The van der Waals surface area contributed by atoms with Gasteiger partial charge in [0.05, 0.1) is 23.7 Å². The lowest BCUT2D eigenvalue weighted by Crippen LogP contribution is -2.05. The van der Waals surface area contributed by atoms with Gasteiger partial charge < -0.3 is 10.5 Å². The fourth-order valence-corrected chi connectivity index (χ4v) is 1.34. The number of hydrogen-bond acceptors (Lipinski definition) is 4. The summed E-state index contributed by atoms with van der Waals surface area (Å²) in [6.07, 6.45) is -1.52. The highest BCUT2D eigenvalue weighted by molar-refractivity contribution is 5.29. The molecule has 0 bridgehead atoms. The molecule has 19 heavy (non-hydrogen) atoms. The quantitative estimate of drug-likeness (QED) is 0.930. The molecule has 100 valence electrons. The first kappa shape index (κ1) is 13.1. The van der Waals surface area contributed by atoms with Gasteiger partial charge in [0, 0.05) is 0 Å². The summed E-state index contributed by atoms with van der Waals surface area (Å²) in [5.74, 6) is 0.616. The molecule has 0 aliphatic heterocycles. The predicted molar refractivity (Wildman–Crippen MR) is 62.2 cm³/mol. The molecular formula is C12H10F3N3O. The summed E-state index contributed by atoms with van der Waals surface area (Å²) in [7, 11) is 0. The van der Waals surface area contributed by atoms with Crippen LogP contribution in [0, 0.1) is 0 Å². The van der Waals surface area contributed by atoms with Crippen molar-refractivity contribution in [2.45, 2.75) is 12.8 Å². The monoisotopic (exact) mass is 269 g/mol. The molecule has 0 unspecified atom stereocenters. The zero-order chi connectivity index (χ0) is 13.9. The minimum atomic E-state index is -4.35. The maximum absolute atomic E-state index is 12.3. The van der Waals surface area contributed by atoms with Crippen molar-refractivity contribution in [2.75, 3.05) is 5.73 Å². The Morgan fingerprint density at radius 2 is 1.74 bits per heavy atom. The van der Waals surface area contributed by atoms with Gasteiger partial charge in [-0.15, -0.1) is 0 Å². The fourth-order valence-electron chi connectivity index (χ4n) is 1.34. The molecule has 0 atom stereocenters. The van der Waals surface area contributed by atoms with Gasteiger partial charge in [0.1, 0.15) is 18.2 Å². The molecule has 0 aliphatic carbocycles. The Morgan fingerprint density at radius 1 is 1.05 bits per heavy atom. The van der Waals surface area contributed by atoms with Crippen LogP contribution in [0.2, 0.25) is 0 Å². The topological polar surface area (TPSA) is 61.0 Å². The molecule has 0 aliphatic rings. The second kappa shape index (κ2) is 5.13. The van der Waals surface area contributed by atoms with E-state index in [1.54, 1.807) is 0 Å². The molecule has 4 nitrogen and oxygen atoms in total. The van der Waals surface area contributed by atoms with Gasteiger partial charge in [-0.2, -0.15) is 13.2 Å². The number of benzene rings is 1. The van der Waals surface area contributed by atoms with E-state index in [1.807, 2.05) is 0 Å². The van der Waals surface area contributed by atoms with Crippen LogP contribution in [0.15, 0.2) is 36.7 Å². The van der Waals surface area contributed by atoms with Gasteiger partial charge in [-0.05, 0) is 24.3 Å². The number of nitrogens with two attached hydrogens (primary N) is 1. The van der Waals surface area contributed by atoms with E-state index < -0.39 is 11.7 Å². The Hall–Kier alpha value is -2.31. The predicted octanol–water partition coefficient (Wildman–Crippen LogP) is 2.66. The molecule has 0 amide bonds. The van der Waals surface area contributed by atoms with Gasteiger partial charge in [0.2, 0.25) is 0 Å². The zero-order valence-electron chi connectivity index (χ0n) is 9.69. The number of rotatable bonds is 3. The molecular weight excluding hydrogens is 259 g/mol. The standard InChI is InChI=1S/C12H10F3N3O/c13-12(14,15)8-1-3-10(4-2-8)19-7-9-5-18-11(16)6-17-9/h1-6H,7H2,(H2,16,18). The normalized spacial score (nSPS) is 11.3. The van der Waals surface area contributed by atoms with E-state index in [9.17, 15) is 13.2 Å². The van der Waals surface area contributed by atoms with Crippen LogP contribution < -0.4 is 10.5 Å². The van der Waals surface area contributed by atoms with Crippen LogP contribution >= 0.6 is 0 Å². The third-order valence-corrected chi connectivity index (χ3v) is 2.29. The molecule has 7 heteroatoms. The van der Waals surface area contributed by atoms with Crippen LogP contribution in [-0.2, 0) is 12.8 Å². The van der Waals surface area contributed by atoms with Crippen LogP contribution in [0.3, 0.4) is 0 Å². The first-order valence-corrected chi connectivity index (χ1v) is 5.31. The van der Waals surface area contributed by atoms with Crippen molar-refractivity contribution in [3.05, 3.63) is 47.9 Å². The number of alkyl halides is 3. The number of halogens is 3. The van der Waals surface area contributed by atoms with Crippen LogP contribution in [0.5, 0.6) is 5.75 Å². The Labute approximate surface area is 107 Å². The maximum atomic E-state index is 12.3. The largest absolute Gasteiger partial charge is 0.487 e. The first-order valence-electron chi connectivity index (χ1n) is 5.31. The SMILES string of the molecule is Nc1cnc(COc2ccc(C(F)(F)F)cc2)cn1. The fraction of sp³-hybridized carbons (Fsp3) is 0.167. The van der Waals surface area contributed by atoms with Crippen molar-refractivity contribution in [1.29, 1.82) is 0 Å². The lowest BCUT2D eigenvalue weighted by atomic mass is 10.2. The molecule has 1 aromatic carbocycles. The third kappa shape index (κ3) is 3.57. The smallest absolute Gasteiger partial charge is 0.416 e. The van der Waals surface area contributed by atoms with Gasteiger partial charge in [-0.25, -0.2) is 4.98 Å². The van der Waals surface area contributed by atoms with E-state index in [1.165, 1.54) is 24.5 Å². The summed E-state index contributed by atoms with van der Waals surface area (Å²) in [5, 5.41) is 0. The highest BCUT2D eigenvalue weighted by atomic mass is 19.4. The highest BCUT2D eigenvalue weighted by Crippen LogP contribution is 2.30. The van der Waals surface area contributed by atoms with E-state index in [0.717, 1.165) is 12.1 Å². The van der Waals surface area contributed by atoms with Crippen LogP contribution in [-0.4, -0.2) is 9.97 Å². The summed E-state index contributed by atoms with van der Waals surface area (Å²) < 4.78 is 42.3. The number of hydrogen-bond donors (Lipinski definition) is 1. The van der Waals surface area contributed by atoms with Crippen LogP contribution in [0.4, 0.5) is 19.0 Å². The number of nitrogens with zero attached hydrogens (tertiary/aromatic N) is 2. The molecule has 0 saturated carbocycles. The zero-order valence-corrected chi connectivity index (χ0v) is 9.69. The second-order valence-corrected chi connectivity index (χ2v) is 3.74. The summed E-state index contributed by atoms with van der Waals surface area (Å²) in [6.45, 7) is 0.110. The second-order valence-electron chi connectivity index (χ2n) is 3.74. The van der Waals surface area contributed by atoms with Gasteiger partial charge in [-0.1, -0.05) is 0 Å². The van der Waals surface area contributed by atoms with Crippen LogP contribution in [0.25, 0.3) is 0 Å². The van der Waals surface area contributed by atoms with Gasteiger partial charge >= 0.3 is 6.18 Å². The van der Waals surface area contributed by atoms with E-state index in [2.05, 4.69) is 9.97 Å². The van der Waals surface area contributed by atoms with Gasteiger partial charge in [0.15, 0.2) is 0 Å². The Bertz CT molecular complexity index is 538. The van der Waals surface area contributed by atoms with Crippen molar-refractivity contribution in [3.8, 4) is 5.75 Å². The molecule has 1 heterocycles. The minimum Gasteiger partial charge on any atom is -0.487 e. The van der Waals surface area contributed by atoms with Crippen LogP contribution in [0.1, 0.15) is 11.3 Å². The highest BCUT2D eigenvalue weighted by Gasteiger charge is 2.29. The molecule has 0 radical (unpaired) electrons. The van der Waals surface area contributed by atoms with E-state index in [0.29, 0.717) is 17.3 Å². The molecule has 2 rings (SSSR count). The van der Waals surface area contributed by atoms with Crippen molar-refractivity contribution >= 4 is 5.82 Å². The van der Waals surface area contributed by atoms with Gasteiger partial charge in [0.25, 0.3) is 0 Å². The van der Waals surface area contributed by atoms with Crippen molar-refractivity contribution in [2.24, 2.45) is 0 Å². The number of aromatic nitrogens is 2. The summed E-state index contributed by atoms with van der Waals surface area (Å²) in [5.41, 5.74) is 5.19. The molecule has 0 fully saturated rings. The average molecular weight is 269 g/mol. The van der Waals surface area contributed by atoms with Gasteiger partial charge in [-0.3, -0.25) is 4.98 Å². The number of ether oxygens (including phenoxy) is 1. The van der Waals surface area contributed by atoms with E-state index in [-0.39, 0.29) is 6.61 Å². The Balaban J connectivity index is 1.98. The molecule has 2 N–H and O–H groups in total. The first-order chi connectivity index (χ1) is 8.95. The molecule has 0 spiro atoms.